The molecule has 0 saturated heterocycles. The fraction of sp³-hybridized carbons (Fsp3) is 0.600. The molecule has 0 radical (unpaired) electrons. The molecule has 1 N–H and O–H groups in total. The van der Waals surface area contributed by atoms with Gasteiger partial charge in [-0.05, 0) is 31.4 Å². The van der Waals surface area contributed by atoms with Crippen molar-refractivity contribution in [3.8, 4) is 0 Å². The molecule has 0 saturated carbocycles. The van der Waals surface area contributed by atoms with E-state index >= 15 is 0 Å². The lowest BCUT2D eigenvalue weighted by Crippen LogP contribution is -2.30. The number of amides is 1. The first-order chi connectivity index (χ1) is 8.63. The molecule has 1 unspecified atom stereocenters. The van der Waals surface area contributed by atoms with Crippen LogP contribution in [0.15, 0.2) is 18.3 Å². The Balaban J connectivity index is 2.24. The summed E-state index contributed by atoms with van der Waals surface area (Å²) in [6.07, 6.45) is 5.97. The maximum Gasteiger partial charge on any atom is 0.222 e. The first kappa shape index (κ1) is 14.7. The predicted octanol–water partition coefficient (Wildman–Crippen LogP) is 2.88. The lowest BCUT2D eigenvalue weighted by Gasteiger charge is -2.11. The van der Waals surface area contributed by atoms with E-state index in [2.05, 4.69) is 23.3 Å². The minimum atomic E-state index is 0.126. The van der Waals surface area contributed by atoms with Crippen LogP contribution in [0, 0.1) is 12.8 Å². The Morgan fingerprint density at radius 1 is 1.44 bits per heavy atom. The van der Waals surface area contributed by atoms with E-state index in [4.69, 9.17) is 0 Å². The average molecular weight is 248 g/mol. The Morgan fingerprint density at radius 2 is 2.22 bits per heavy atom. The van der Waals surface area contributed by atoms with Crippen molar-refractivity contribution in [2.45, 2.75) is 46.5 Å². The minimum Gasteiger partial charge on any atom is -0.356 e. The number of aromatic nitrogens is 1. The summed E-state index contributed by atoms with van der Waals surface area (Å²) >= 11 is 0. The monoisotopic (exact) mass is 248 g/mol. The van der Waals surface area contributed by atoms with E-state index in [0.29, 0.717) is 6.54 Å². The smallest absolute Gasteiger partial charge is 0.222 e. The van der Waals surface area contributed by atoms with Gasteiger partial charge >= 0.3 is 0 Å². The molecule has 0 aliphatic rings. The summed E-state index contributed by atoms with van der Waals surface area (Å²) in [7, 11) is 0. The van der Waals surface area contributed by atoms with Crippen LogP contribution in [0.25, 0.3) is 0 Å². The first-order valence-corrected chi connectivity index (χ1v) is 6.82. The Kier molecular flexibility index (Phi) is 6.40. The van der Waals surface area contributed by atoms with Gasteiger partial charge in [0.15, 0.2) is 0 Å². The molecule has 1 aromatic rings. The van der Waals surface area contributed by atoms with Gasteiger partial charge in [0.2, 0.25) is 5.91 Å². The second-order valence-corrected chi connectivity index (χ2v) is 4.89. The van der Waals surface area contributed by atoms with E-state index in [0.717, 1.165) is 31.4 Å². The molecule has 0 spiro atoms. The van der Waals surface area contributed by atoms with Crippen molar-refractivity contribution in [2.24, 2.45) is 5.92 Å². The van der Waals surface area contributed by atoms with Crippen LogP contribution in [-0.4, -0.2) is 17.4 Å². The molecule has 0 aromatic carbocycles. The molecule has 100 valence electrons. The van der Waals surface area contributed by atoms with Gasteiger partial charge in [-0.1, -0.05) is 32.8 Å². The molecule has 1 heterocycles. The summed E-state index contributed by atoms with van der Waals surface area (Å²) in [6.45, 7) is 6.81. The molecule has 1 atom stereocenters. The molecule has 0 bridgehead atoms. The number of rotatable bonds is 7. The topological polar surface area (TPSA) is 42.0 Å². The van der Waals surface area contributed by atoms with Crippen molar-refractivity contribution in [3.63, 3.8) is 0 Å². The highest BCUT2D eigenvalue weighted by Crippen LogP contribution is 2.07. The quantitative estimate of drug-likeness (QED) is 0.806. The van der Waals surface area contributed by atoms with Gasteiger partial charge in [-0.15, -0.1) is 0 Å². The lowest BCUT2D eigenvalue weighted by atomic mass is 10.0. The number of unbranched alkanes of at least 4 members (excludes halogenated alkanes) is 1. The molecule has 18 heavy (non-hydrogen) atoms. The molecule has 1 aromatic heterocycles. The number of aryl methyl sites for hydroxylation is 1. The van der Waals surface area contributed by atoms with E-state index < -0.39 is 0 Å². The van der Waals surface area contributed by atoms with E-state index in [9.17, 15) is 4.79 Å². The third-order valence-corrected chi connectivity index (χ3v) is 3.12. The maximum atomic E-state index is 11.8. The van der Waals surface area contributed by atoms with Crippen LogP contribution in [0.2, 0.25) is 0 Å². The molecule has 0 aliphatic heterocycles. The number of nitrogens with one attached hydrogen (secondary N) is 1. The van der Waals surface area contributed by atoms with Gasteiger partial charge in [-0.3, -0.25) is 9.78 Å². The van der Waals surface area contributed by atoms with Crippen LogP contribution in [0.4, 0.5) is 0 Å². The van der Waals surface area contributed by atoms with Crippen LogP contribution in [0.3, 0.4) is 0 Å². The summed E-state index contributed by atoms with van der Waals surface area (Å²) in [5, 5.41) is 2.99. The molecule has 3 nitrogen and oxygen atoms in total. The van der Waals surface area contributed by atoms with Gasteiger partial charge in [0.1, 0.15) is 0 Å². The van der Waals surface area contributed by atoms with Crippen molar-refractivity contribution in [1.82, 2.24) is 10.3 Å². The highest BCUT2D eigenvalue weighted by Gasteiger charge is 2.10. The second-order valence-electron chi connectivity index (χ2n) is 4.89. The summed E-state index contributed by atoms with van der Waals surface area (Å²) in [4.78, 5) is 16.0. The average Bonchev–Trinajstić information content (AvgIpc) is 2.38. The molecule has 0 fully saturated rings. The number of carbonyl (C=O) groups excluding carboxylic acids is 1. The summed E-state index contributed by atoms with van der Waals surface area (Å²) in [6, 6.07) is 4.07. The van der Waals surface area contributed by atoms with Crippen molar-refractivity contribution in [3.05, 3.63) is 29.6 Å². The molecule has 1 rings (SSSR count). The molecular weight excluding hydrogens is 224 g/mol. The zero-order chi connectivity index (χ0) is 13.4. The number of hydrogen-bond donors (Lipinski definition) is 1. The fourth-order valence-electron chi connectivity index (χ4n) is 1.79. The van der Waals surface area contributed by atoms with Crippen LogP contribution in [0.1, 0.15) is 44.4 Å². The van der Waals surface area contributed by atoms with Crippen molar-refractivity contribution in [1.29, 1.82) is 0 Å². The summed E-state index contributed by atoms with van der Waals surface area (Å²) < 4.78 is 0. The Hall–Kier alpha value is -1.38. The standard InChI is InChI=1S/C15H24N2O/c1-4-5-6-12(2)15(18)16-10-9-14-8-7-13(3)17-11-14/h7-8,11-12H,4-6,9-10H2,1-3H3,(H,16,18). The van der Waals surface area contributed by atoms with E-state index in [1.54, 1.807) is 0 Å². The fourth-order valence-corrected chi connectivity index (χ4v) is 1.79. The lowest BCUT2D eigenvalue weighted by molar-refractivity contribution is -0.124. The SMILES string of the molecule is CCCCC(C)C(=O)NCCc1ccc(C)nc1. The zero-order valence-corrected chi connectivity index (χ0v) is 11.7. The van der Waals surface area contributed by atoms with E-state index in [-0.39, 0.29) is 11.8 Å². The minimum absolute atomic E-state index is 0.126. The summed E-state index contributed by atoms with van der Waals surface area (Å²) in [5.74, 6) is 0.296. The zero-order valence-electron chi connectivity index (χ0n) is 11.7. The third kappa shape index (κ3) is 5.30. The Morgan fingerprint density at radius 3 is 2.83 bits per heavy atom. The van der Waals surface area contributed by atoms with Crippen LogP contribution >= 0.6 is 0 Å². The molecule has 0 aliphatic carbocycles. The number of hydrogen-bond acceptors (Lipinski definition) is 2. The molecular formula is C15H24N2O. The van der Waals surface area contributed by atoms with E-state index in [1.807, 2.05) is 26.1 Å². The van der Waals surface area contributed by atoms with Gasteiger partial charge in [0.05, 0.1) is 0 Å². The van der Waals surface area contributed by atoms with Gasteiger partial charge in [0, 0.05) is 24.4 Å². The normalized spacial score (nSPS) is 12.2. The third-order valence-electron chi connectivity index (χ3n) is 3.12. The van der Waals surface area contributed by atoms with Gasteiger partial charge in [0.25, 0.3) is 0 Å². The number of carbonyl (C=O) groups is 1. The Bertz CT molecular complexity index is 359. The largest absolute Gasteiger partial charge is 0.356 e. The van der Waals surface area contributed by atoms with Gasteiger partial charge in [-0.2, -0.15) is 0 Å². The highest BCUT2D eigenvalue weighted by molar-refractivity contribution is 5.78. The van der Waals surface area contributed by atoms with Crippen LogP contribution in [0.5, 0.6) is 0 Å². The number of nitrogens with zero attached hydrogens (tertiary/aromatic N) is 1. The highest BCUT2D eigenvalue weighted by atomic mass is 16.1. The van der Waals surface area contributed by atoms with Crippen molar-refractivity contribution in [2.75, 3.05) is 6.54 Å². The summed E-state index contributed by atoms with van der Waals surface area (Å²) in [5.41, 5.74) is 2.19. The Labute approximate surface area is 110 Å². The van der Waals surface area contributed by atoms with Crippen molar-refractivity contribution < 1.29 is 4.79 Å². The van der Waals surface area contributed by atoms with Crippen molar-refractivity contribution >= 4 is 5.91 Å². The number of pyridine rings is 1. The van der Waals surface area contributed by atoms with Crippen LogP contribution in [-0.2, 0) is 11.2 Å². The molecule has 1 amide bonds. The van der Waals surface area contributed by atoms with E-state index in [1.165, 1.54) is 5.56 Å². The van der Waals surface area contributed by atoms with Gasteiger partial charge in [-0.25, -0.2) is 0 Å². The maximum absolute atomic E-state index is 11.8. The van der Waals surface area contributed by atoms with Crippen LogP contribution < -0.4 is 5.32 Å². The van der Waals surface area contributed by atoms with Gasteiger partial charge < -0.3 is 5.32 Å². The predicted molar refractivity (Wildman–Crippen MR) is 74.4 cm³/mol. The second kappa shape index (κ2) is 7.85. The first-order valence-electron chi connectivity index (χ1n) is 6.82. The molecule has 3 heteroatoms.